The summed E-state index contributed by atoms with van der Waals surface area (Å²) in [5.41, 5.74) is 0.805. The summed E-state index contributed by atoms with van der Waals surface area (Å²) >= 11 is 3.06. The van der Waals surface area contributed by atoms with Crippen LogP contribution in [-0.4, -0.2) is 51.9 Å². The highest BCUT2D eigenvalue weighted by Gasteiger charge is 2.27. The first-order chi connectivity index (χ1) is 10.4. The van der Waals surface area contributed by atoms with Crippen molar-refractivity contribution >= 4 is 33.8 Å². The van der Waals surface area contributed by atoms with E-state index >= 15 is 0 Å². The Morgan fingerprint density at radius 1 is 1.18 bits per heavy atom. The van der Waals surface area contributed by atoms with Crippen molar-refractivity contribution in [3.8, 4) is 0 Å². The van der Waals surface area contributed by atoms with Gasteiger partial charge in [-0.3, -0.25) is 9.79 Å². The standard InChI is InChI=1S/C16H24N2O2S2/c1-11(17-16(21-4)22-5)15(20)18(3)12(2)14(19)13-9-7-6-8-10-13/h6-12,14,19H,1-5H3/t11-,12+,14-/m1/s1. The molecule has 0 saturated heterocycles. The van der Waals surface area contributed by atoms with Gasteiger partial charge in [0.05, 0.1) is 12.1 Å². The van der Waals surface area contributed by atoms with Crippen molar-refractivity contribution in [3.05, 3.63) is 35.9 Å². The van der Waals surface area contributed by atoms with Gasteiger partial charge in [0.15, 0.2) is 0 Å². The van der Waals surface area contributed by atoms with Crippen LogP contribution in [0.4, 0.5) is 0 Å². The molecule has 0 radical (unpaired) electrons. The molecule has 0 unspecified atom stereocenters. The Morgan fingerprint density at radius 2 is 1.73 bits per heavy atom. The monoisotopic (exact) mass is 340 g/mol. The average molecular weight is 341 g/mol. The lowest BCUT2D eigenvalue weighted by Crippen LogP contribution is -2.43. The Morgan fingerprint density at radius 3 is 2.23 bits per heavy atom. The fourth-order valence-electron chi connectivity index (χ4n) is 2.04. The van der Waals surface area contributed by atoms with Gasteiger partial charge in [-0.2, -0.15) is 0 Å². The molecule has 1 aromatic carbocycles. The summed E-state index contributed by atoms with van der Waals surface area (Å²) in [6.45, 7) is 3.63. The zero-order valence-corrected chi connectivity index (χ0v) is 15.3. The molecule has 1 amide bonds. The number of aliphatic imine (C=N–C) groups is 1. The predicted octanol–water partition coefficient (Wildman–Crippen LogP) is 3.04. The second-order valence-electron chi connectivity index (χ2n) is 5.02. The molecule has 122 valence electrons. The number of carbonyl (C=O) groups excluding carboxylic acids is 1. The molecule has 0 spiro atoms. The number of nitrogens with zero attached hydrogens (tertiary/aromatic N) is 2. The maximum absolute atomic E-state index is 12.5. The zero-order chi connectivity index (χ0) is 16.7. The van der Waals surface area contributed by atoms with Crippen LogP contribution in [0.1, 0.15) is 25.5 Å². The molecular formula is C16H24N2O2S2. The van der Waals surface area contributed by atoms with Crippen molar-refractivity contribution in [2.45, 2.75) is 32.0 Å². The maximum atomic E-state index is 12.5. The van der Waals surface area contributed by atoms with Gasteiger partial charge in [-0.15, -0.1) is 23.5 Å². The summed E-state index contributed by atoms with van der Waals surface area (Å²) in [5, 5.41) is 10.4. The minimum absolute atomic E-state index is 0.0944. The highest BCUT2D eigenvalue weighted by molar-refractivity contribution is 8.38. The van der Waals surface area contributed by atoms with Crippen molar-refractivity contribution in [1.82, 2.24) is 4.90 Å². The molecule has 1 N–H and O–H groups in total. The zero-order valence-electron chi connectivity index (χ0n) is 13.7. The normalized spacial score (nSPS) is 14.8. The second-order valence-corrected chi connectivity index (χ2v) is 6.87. The number of hydrogen-bond acceptors (Lipinski definition) is 5. The van der Waals surface area contributed by atoms with Crippen molar-refractivity contribution in [2.75, 3.05) is 19.6 Å². The summed E-state index contributed by atoms with van der Waals surface area (Å²) in [5.74, 6) is -0.0944. The highest BCUT2D eigenvalue weighted by Crippen LogP contribution is 2.21. The predicted molar refractivity (Wildman–Crippen MR) is 97.6 cm³/mol. The number of carbonyl (C=O) groups is 1. The van der Waals surface area contributed by atoms with Crippen molar-refractivity contribution in [3.63, 3.8) is 0 Å². The van der Waals surface area contributed by atoms with Gasteiger partial charge < -0.3 is 10.0 Å². The van der Waals surface area contributed by atoms with Gasteiger partial charge in [-0.05, 0) is 31.9 Å². The number of benzene rings is 1. The van der Waals surface area contributed by atoms with E-state index in [1.807, 2.05) is 49.8 Å². The van der Waals surface area contributed by atoms with Gasteiger partial charge in [0, 0.05) is 7.05 Å². The average Bonchev–Trinajstić information content (AvgIpc) is 2.57. The minimum Gasteiger partial charge on any atom is -0.386 e. The van der Waals surface area contributed by atoms with Crippen LogP contribution in [0.3, 0.4) is 0 Å². The Hall–Kier alpha value is -0.980. The maximum Gasteiger partial charge on any atom is 0.247 e. The van der Waals surface area contributed by atoms with Gasteiger partial charge in [0.2, 0.25) is 5.91 Å². The van der Waals surface area contributed by atoms with Crippen LogP contribution in [-0.2, 0) is 4.79 Å². The van der Waals surface area contributed by atoms with E-state index in [-0.39, 0.29) is 11.9 Å². The largest absolute Gasteiger partial charge is 0.386 e. The summed E-state index contributed by atoms with van der Waals surface area (Å²) in [6, 6.07) is 8.61. The summed E-state index contributed by atoms with van der Waals surface area (Å²) in [7, 11) is 1.71. The quantitative estimate of drug-likeness (QED) is 0.661. The molecule has 0 aliphatic carbocycles. The SMILES string of the molecule is CSC(=N[C@H](C)C(=O)N(C)[C@@H](C)[C@@H](O)c1ccccc1)SC. The number of hydrogen-bond donors (Lipinski definition) is 1. The molecule has 0 heterocycles. The first kappa shape index (κ1) is 19.1. The lowest BCUT2D eigenvalue weighted by Gasteiger charge is -2.30. The molecule has 22 heavy (non-hydrogen) atoms. The topological polar surface area (TPSA) is 52.9 Å². The van der Waals surface area contributed by atoms with Gasteiger partial charge in [0.1, 0.15) is 10.4 Å². The van der Waals surface area contributed by atoms with E-state index in [0.717, 1.165) is 9.94 Å². The molecule has 1 aromatic rings. The van der Waals surface area contributed by atoms with Gasteiger partial charge >= 0.3 is 0 Å². The molecule has 0 aromatic heterocycles. The molecular weight excluding hydrogens is 316 g/mol. The number of amides is 1. The van der Waals surface area contributed by atoms with E-state index in [1.54, 1.807) is 18.9 Å². The molecule has 3 atom stereocenters. The van der Waals surface area contributed by atoms with E-state index in [0.29, 0.717) is 0 Å². The van der Waals surface area contributed by atoms with Crippen molar-refractivity contribution in [1.29, 1.82) is 0 Å². The number of aliphatic hydroxyl groups is 1. The van der Waals surface area contributed by atoms with E-state index in [2.05, 4.69) is 4.99 Å². The van der Waals surface area contributed by atoms with Crippen LogP contribution < -0.4 is 0 Å². The van der Waals surface area contributed by atoms with Crippen molar-refractivity contribution in [2.24, 2.45) is 4.99 Å². The van der Waals surface area contributed by atoms with Crippen LogP contribution in [0.25, 0.3) is 0 Å². The van der Waals surface area contributed by atoms with E-state index in [1.165, 1.54) is 23.5 Å². The Labute approximate surface area is 141 Å². The molecule has 0 aliphatic heterocycles. The highest BCUT2D eigenvalue weighted by atomic mass is 32.2. The first-order valence-electron chi connectivity index (χ1n) is 7.07. The van der Waals surface area contributed by atoms with Gasteiger partial charge in [-0.1, -0.05) is 30.3 Å². The summed E-state index contributed by atoms with van der Waals surface area (Å²) < 4.78 is 0.880. The Bertz CT molecular complexity index is 502. The van der Waals surface area contributed by atoms with Crippen LogP contribution in [0.5, 0.6) is 0 Å². The fourth-order valence-corrected chi connectivity index (χ4v) is 3.23. The molecule has 0 fully saturated rings. The molecule has 0 saturated carbocycles. The third kappa shape index (κ3) is 5.04. The minimum atomic E-state index is -0.716. The smallest absolute Gasteiger partial charge is 0.247 e. The molecule has 6 heteroatoms. The lowest BCUT2D eigenvalue weighted by molar-refractivity contribution is -0.134. The van der Waals surface area contributed by atoms with Crippen LogP contribution in [0.2, 0.25) is 0 Å². The Balaban J connectivity index is 2.79. The summed E-state index contributed by atoms with van der Waals surface area (Å²) in [4.78, 5) is 18.5. The third-order valence-corrected chi connectivity index (χ3v) is 5.47. The van der Waals surface area contributed by atoms with Gasteiger partial charge in [0.25, 0.3) is 0 Å². The van der Waals surface area contributed by atoms with E-state index < -0.39 is 12.1 Å². The van der Waals surface area contributed by atoms with Crippen molar-refractivity contribution < 1.29 is 9.90 Å². The first-order valence-corrected chi connectivity index (χ1v) is 9.52. The second kappa shape index (κ2) is 9.22. The third-order valence-electron chi connectivity index (χ3n) is 3.56. The molecule has 0 bridgehead atoms. The van der Waals surface area contributed by atoms with Gasteiger partial charge in [-0.25, -0.2) is 0 Å². The molecule has 4 nitrogen and oxygen atoms in total. The van der Waals surface area contributed by atoms with E-state index in [9.17, 15) is 9.90 Å². The number of thioether (sulfide) groups is 2. The number of likely N-dealkylation sites (N-methyl/N-ethyl adjacent to an activating group) is 1. The summed E-state index contributed by atoms with van der Waals surface area (Å²) in [6.07, 6.45) is 3.17. The fraction of sp³-hybridized carbons (Fsp3) is 0.500. The number of rotatable bonds is 5. The van der Waals surface area contributed by atoms with Crippen LogP contribution in [0.15, 0.2) is 35.3 Å². The van der Waals surface area contributed by atoms with E-state index in [4.69, 9.17) is 0 Å². The lowest BCUT2D eigenvalue weighted by atomic mass is 10.0. The van der Waals surface area contributed by atoms with Crippen LogP contribution >= 0.6 is 23.5 Å². The molecule has 0 aliphatic rings. The van der Waals surface area contributed by atoms with Crippen LogP contribution in [0, 0.1) is 0 Å². The Kier molecular flexibility index (Phi) is 8.00. The number of aliphatic hydroxyl groups excluding tert-OH is 1. The molecule has 1 rings (SSSR count).